The minimum absolute atomic E-state index is 0. The van der Waals surface area contributed by atoms with Crippen molar-refractivity contribution < 1.29 is 113 Å². The second-order valence-electron chi connectivity index (χ2n) is 0.668. The van der Waals surface area contributed by atoms with E-state index in [0.29, 0.717) is 0 Å². The van der Waals surface area contributed by atoms with E-state index in [1.807, 2.05) is 0 Å². The number of halogens is 1. The molecule has 56 valence electrons. The Morgan fingerprint density at radius 1 is 1.27 bits per heavy atom. The Labute approximate surface area is 134 Å². The molecule has 0 spiro atoms. The molecule has 9 heteroatoms. The Balaban J connectivity index is -0.0000000171. The van der Waals surface area contributed by atoms with Gasteiger partial charge in [-0.25, -0.2) is 4.79 Å². The van der Waals surface area contributed by atoms with Crippen molar-refractivity contribution in [2.75, 3.05) is 0 Å². The number of carboxylic acid groups (broad SMARTS) is 2. The van der Waals surface area contributed by atoms with E-state index < -0.39 is 12.2 Å². The fourth-order valence-electron chi connectivity index (χ4n) is 0. The fraction of sp³-hybridized carbons (Fsp3) is 0. The number of urea groups is 1. The van der Waals surface area contributed by atoms with Gasteiger partial charge in [0.15, 0.2) is 0 Å². The summed E-state index contributed by atoms with van der Waals surface area (Å²) in [7, 11) is 0. The predicted octanol–water partition coefficient (Wildman–Crippen LogP) is -11.1. The first-order chi connectivity index (χ1) is 3.46. The molecule has 0 aliphatic carbocycles. The fourth-order valence-corrected chi connectivity index (χ4v) is 0. The third-order valence-electron chi connectivity index (χ3n) is 0. The molecule has 0 bridgehead atoms. The van der Waals surface area contributed by atoms with Crippen LogP contribution in [0, 0.1) is 0 Å². The molecule has 0 unspecified atom stereocenters. The minimum Gasteiger partial charge on any atom is -1.00 e. The van der Waals surface area contributed by atoms with Crippen molar-refractivity contribution in [1.29, 1.82) is 0 Å². The van der Waals surface area contributed by atoms with Crippen molar-refractivity contribution in [3.05, 3.63) is 0 Å². The standard InChI is InChI=1S/CH4N2O.CH2O3.ClH.K.Na/c2*2-1(3)4;;;/h(H4,2,3,4);(H2,2,3,4);1H;;/q;;;2*+1/p-2. The summed E-state index contributed by atoms with van der Waals surface area (Å²) in [6.45, 7) is 0. The summed E-state index contributed by atoms with van der Waals surface area (Å²) in [6, 6.07) is -0.833. The Bertz CT molecular complexity index is 84.1. The smallest absolute Gasteiger partial charge is 1.00 e. The number of hydrogen-bond acceptors (Lipinski definition) is 3. The van der Waals surface area contributed by atoms with Gasteiger partial charge in [-0.15, -0.1) is 0 Å². The third kappa shape index (κ3) is 478. The van der Waals surface area contributed by atoms with Gasteiger partial charge in [0, 0.05) is 0 Å². The van der Waals surface area contributed by atoms with Crippen LogP contribution < -0.4 is 110 Å². The number of carbonyl (C=O) groups excluding carboxylic acids is 1. The molecule has 2 amide bonds. The number of primary amides is 2. The van der Waals surface area contributed by atoms with Gasteiger partial charge in [-0.05, 0) is 0 Å². The maximum Gasteiger partial charge on any atom is 1.00 e. The Hall–Kier alpha value is 1.47. The normalized spacial score (nSPS) is 4.36. The molecule has 5 N–H and O–H groups in total. The topological polar surface area (TPSA) is 129 Å². The zero-order valence-corrected chi connectivity index (χ0v) is 12.1. The Morgan fingerprint density at radius 3 is 1.27 bits per heavy atom. The van der Waals surface area contributed by atoms with E-state index in [4.69, 9.17) is 19.8 Å². The van der Waals surface area contributed by atoms with E-state index in [1.165, 1.54) is 0 Å². The molecular formula is C2H5ClKN2NaO4. The average molecular weight is 219 g/mol. The number of hydrogen-bond donors (Lipinski definition) is 3. The molecule has 0 atom stereocenters. The second-order valence-corrected chi connectivity index (χ2v) is 0.668. The van der Waals surface area contributed by atoms with Crippen LogP contribution in [0.1, 0.15) is 0 Å². The third-order valence-corrected chi connectivity index (χ3v) is 0. The molecule has 0 rings (SSSR count). The van der Waals surface area contributed by atoms with Crippen molar-refractivity contribution in [2.45, 2.75) is 0 Å². The van der Waals surface area contributed by atoms with Crippen LogP contribution in [0.5, 0.6) is 0 Å². The molecule has 0 aliphatic heterocycles. The van der Waals surface area contributed by atoms with Crippen molar-refractivity contribution in [2.24, 2.45) is 11.5 Å². The summed E-state index contributed by atoms with van der Waals surface area (Å²) in [4.78, 5) is 17.4. The van der Waals surface area contributed by atoms with Gasteiger partial charge in [-0.1, -0.05) is 0 Å². The van der Waals surface area contributed by atoms with Crippen molar-refractivity contribution in [3.63, 3.8) is 0 Å². The van der Waals surface area contributed by atoms with Gasteiger partial charge in [-0.2, -0.15) is 0 Å². The van der Waals surface area contributed by atoms with Gasteiger partial charge in [-0.3, -0.25) is 0 Å². The van der Waals surface area contributed by atoms with E-state index in [-0.39, 0.29) is 93.3 Å². The van der Waals surface area contributed by atoms with Crippen LogP contribution in [0.4, 0.5) is 9.59 Å². The minimum atomic E-state index is -2.08. The first-order valence-corrected chi connectivity index (χ1v) is 1.41. The number of rotatable bonds is 0. The summed E-state index contributed by atoms with van der Waals surface area (Å²) in [6.07, 6.45) is -2.08. The van der Waals surface area contributed by atoms with E-state index in [9.17, 15) is 0 Å². The van der Waals surface area contributed by atoms with Crippen LogP contribution >= 0.6 is 0 Å². The van der Waals surface area contributed by atoms with E-state index in [1.54, 1.807) is 0 Å². The molecule has 0 saturated carbocycles. The van der Waals surface area contributed by atoms with Gasteiger partial charge in [0.25, 0.3) is 0 Å². The maximum atomic E-state index is 9.00. The number of nitrogens with two attached hydrogens (primary N) is 2. The van der Waals surface area contributed by atoms with E-state index in [2.05, 4.69) is 11.5 Å². The van der Waals surface area contributed by atoms with Crippen molar-refractivity contribution in [3.8, 4) is 0 Å². The van der Waals surface area contributed by atoms with E-state index >= 15 is 0 Å². The average Bonchev–Trinajstić information content (AvgIpc) is 1.25. The summed E-state index contributed by atoms with van der Waals surface area (Å²) in [5.74, 6) is 0. The van der Waals surface area contributed by atoms with Crippen molar-refractivity contribution in [1.82, 2.24) is 0 Å². The molecule has 0 aromatic heterocycles. The van der Waals surface area contributed by atoms with Crippen LogP contribution in [-0.2, 0) is 0 Å². The molecule has 0 saturated heterocycles. The van der Waals surface area contributed by atoms with Gasteiger partial charge in [0.2, 0.25) is 6.16 Å². The zero-order chi connectivity index (χ0) is 7.15. The largest absolute Gasteiger partial charge is 1.00 e. The van der Waals surface area contributed by atoms with Gasteiger partial charge >= 0.3 is 87.0 Å². The predicted molar refractivity (Wildman–Crippen MR) is 21.8 cm³/mol. The van der Waals surface area contributed by atoms with Crippen LogP contribution in [0.25, 0.3) is 0 Å². The summed E-state index contributed by atoms with van der Waals surface area (Å²) >= 11 is 0. The molecule has 0 heterocycles. The molecule has 0 aromatic rings. The monoisotopic (exact) mass is 218 g/mol. The molecule has 6 nitrogen and oxygen atoms in total. The molecule has 0 radical (unpaired) electrons. The first kappa shape index (κ1) is 29.4. The van der Waals surface area contributed by atoms with Crippen LogP contribution in [0.15, 0.2) is 0 Å². The van der Waals surface area contributed by atoms with Crippen LogP contribution in [0.3, 0.4) is 0 Å². The quantitative estimate of drug-likeness (QED) is 0.349. The number of carbonyl (C=O) groups is 2. The maximum absolute atomic E-state index is 9.00. The Kier molecular flexibility index (Phi) is 60.2. The van der Waals surface area contributed by atoms with Crippen LogP contribution in [0.2, 0.25) is 0 Å². The van der Waals surface area contributed by atoms with Gasteiger partial charge in [0.1, 0.15) is 0 Å². The summed E-state index contributed by atoms with van der Waals surface area (Å²) < 4.78 is 0. The summed E-state index contributed by atoms with van der Waals surface area (Å²) in [5, 5.41) is 15.3. The SMILES string of the molecule is NC(N)=O.O=C([O-])O.[Cl-].[K+].[Na+]. The molecule has 11 heavy (non-hydrogen) atoms. The van der Waals surface area contributed by atoms with E-state index in [0.717, 1.165) is 0 Å². The zero-order valence-electron chi connectivity index (χ0n) is 6.20. The van der Waals surface area contributed by atoms with Crippen molar-refractivity contribution >= 4 is 12.2 Å². The Morgan fingerprint density at radius 2 is 1.27 bits per heavy atom. The number of amides is 2. The molecule has 0 fully saturated rings. The summed E-state index contributed by atoms with van der Waals surface area (Å²) in [5.41, 5.74) is 8.50. The van der Waals surface area contributed by atoms with Crippen LogP contribution in [-0.4, -0.2) is 17.3 Å². The molecular weight excluding hydrogens is 214 g/mol. The molecule has 0 aliphatic rings. The first-order valence-electron chi connectivity index (χ1n) is 1.41. The second kappa shape index (κ2) is 22.5. The van der Waals surface area contributed by atoms with Gasteiger partial charge in [0.05, 0.1) is 0 Å². The molecule has 0 aromatic carbocycles. The van der Waals surface area contributed by atoms with Gasteiger partial charge < -0.3 is 38.9 Å².